The molecule has 4 nitrogen and oxygen atoms in total. The van der Waals surface area contributed by atoms with E-state index in [0.717, 1.165) is 25.7 Å². The molecule has 1 heterocycles. The number of hydrogen-bond acceptors (Lipinski definition) is 4. The van der Waals surface area contributed by atoms with Crippen molar-refractivity contribution >= 4 is 8.56 Å². The Kier molecular flexibility index (Phi) is 5.59. The van der Waals surface area contributed by atoms with E-state index in [0.29, 0.717) is 6.61 Å². The van der Waals surface area contributed by atoms with Crippen molar-refractivity contribution in [3.05, 3.63) is 0 Å². The summed E-state index contributed by atoms with van der Waals surface area (Å²) in [5.74, 6) is -0.626. The Morgan fingerprint density at radius 2 is 1.88 bits per heavy atom. The lowest BCUT2D eigenvalue weighted by Crippen LogP contribution is -2.53. The van der Waals surface area contributed by atoms with Gasteiger partial charge in [-0.05, 0) is 39.8 Å². The standard InChI is InChI=1S/C12H26O4Si/c1-6-15-17(5,7-2)16-11(3)12(4)13-9-8-10-14-12/h11H,6-10H2,1-5H3. The zero-order valence-electron chi connectivity index (χ0n) is 11.7. The van der Waals surface area contributed by atoms with Crippen LogP contribution >= 0.6 is 0 Å². The molecule has 1 saturated heterocycles. The van der Waals surface area contributed by atoms with Crippen LogP contribution in [0.2, 0.25) is 12.6 Å². The average Bonchev–Trinajstić information content (AvgIpc) is 2.30. The summed E-state index contributed by atoms with van der Waals surface area (Å²) in [6, 6.07) is 0.932. The van der Waals surface area contributed by atoms with Gasteiger partial charge in [0.15, 0.2) is 5.79 Å². The quantitative estimate of drug-likeness (QED) is 0.690. The molecule has 1 fully saturated rings. The second kappa shape index (κ2) is 6.29. The fraction of sp³-hybridized carbons (Fsp3) is 1.00. The molecule has 2 atom stereocenters. The van der Waals surface area contributed by atoms with Crippen LogP contribution in [0.4, 0.5) is 0 Å². The van der Waals surface area contributed by atoms with Crippen molar-refractivity contribution in [2.45, 2.75) is 58.6 Å². The highest BCUT2D eigenvalue weighted by Crippen LogP contribution is 2.28. The fourth-order valence-electron chi connectivity index (χ4n) is 1.89. The maximum Gasteiger partial charge on any atom is 0.335 e. The molecule has 1 aliphatic heterocycles. The molecule has 0 saturated carbocycles. The van der Waals surface area contributed by atoms with Crippen LogP contribution in [0.15, 0.2) is 0 Å². The summed E-state index contributed by atoms with van der Waals surface area (Å²) >= 11 is 0. The van der Waals surface area contributed by atoms with Gasteiger partial charge in [-0.25, -0.2) is 0 Å². The third-order valence-electron chi connectivity index (χ3n) is 3.32. The van der Waals surface area contributed by atoms with E-state index in [-0.39, 0.29) is 6.10 Å². The molecular weight excluding hydrogens is 236 g/mol. The first-order valence-electron chi connectivity index (χ1n) is 6.55. The molecule has 0 radical (unpaired) electrons. The van der Waals surface area contributed by atoms with Crippen molar-refractivity contribution in [3.63, 3.8) is 0 Å². The van der Waals surface area contributed by atoms with E-state index in [4.69, 9.17) is 18.3 Å². The summed E-state index contributed by atoms with van der Waals surface area (Å²) in [5, 5.41) is 0. The summed E-state index contributed by atoms with van der Waals surface area (Å²) in [5.41, 5.74) is 0. The van der Waals surface area contributed by atoms with Crippen LogP contribution in [0.1, 0.15) is 34.1 Å². The van der Waals surface area contributed by atoms with Gasteiger partial charge in [-0.15, -0.1) is 0 Å². The third-order valence-corrected chi connectivity index (χ3v) is 6.36. The monoisotopic (exact) mass is 262 g/mol. The molecule has 1 rings (SSSR count). The van der Waals surface area contributed by atoms with E-state index in [2.05, 4.69) is 13.5 Å². The van der Waals surface area contributed by atoms with Crippen molar-refractivity contribution in [1.82, 2.24) is 0 Å². The predicted molar refractivity (Wildman–Crippen MR) is 69.2 cm³/mol. The average molecular weight is 262 g/mol. The van der Waals surface area contributed by atoms with Gasteiger partial charge >= 0.3 is 8.56 Å². The number of rotatable bonds is 6. The van der Waals surface area contributed by atoms with Gasteiger partial charge in [0, 0.05) is 6.61 Å². The highest BCUT2D eigenvalue weighted by molar-refractivity contribution is 6.65. The van der Waals surface area contributed by atoms with Crippen LogP contribution in [0.25, 0.3) is 0 Å². The summed E-state index contributed by atoms with van der Waals surface area (Å²) in [4.78, 5) is 0. The molecule has 102 valence electrons. The Morgan fingerprint density at radius 3 is 2.35 bits per heavy atom. The van der Waals surface area contributed by atoms with E-state index in [1.165, 1.54) is 0 Å². The molecule has 0 amide bonds. The highest BCUT2D eigenvalue weighted by Gasteiger charge is 2.41. The van der Waals surface area contributed by atoms with Gasteiger partial charge in [0.05, 0.1) is 19.3 Å². The van der Waals surface area contributed by atoms with Crippen molar-refractivity contribution < 1.29 is 18.3 Å². The minimum Gasteiger partial charge on any atom is -0.395 e. The Hall–Kier alpha value is 0.0569. The molecule has 0 aromatic rings. The van der Waals surface area contributed by atoms with Gasteiger partial charge in [0.1, 0.15) is 0 Å². The molecule has 17 heavy (non-hydrogen) atoms. The van der Waals surface area contributed by atoms with Crippen LogP contribution < -0.4 is 0 Å². The Morgan fingerprint density at radius 1 is 1.29 bits per heavy atom. The van der Waals surface area contributed by atoms with Crippen molar-refractivity contribution in [2.75, 3.05) is 19.8 Å². The first-order valence-corrected chi connectivity index (χ1v) is 9.08. The van der Waals surface area contributed by atoms with Gasteiger partial charge in [0.2, 0.25) is 0 Å². The second-order valence-corrected chi connectivity index (χ2v) is 8.25. The van der Waals surface area contributed by atoms with E-state index in [1.54, 1.807) is 0 Å². The lowest BCUT2D eigenvalue weighted by atomic mass is 10.2. The van der Waals surface area contributed by atoms with Crippen molar-refractivity contribution in [2.24, 2.45) is 0 Å². The topological polar surface area (TPSA) is 36.9 Å². The molecule has 0 N–H and O–H groups in total. The lowest BCUT2D eigenvalue weighted by Gasteiger charge is -2.41. The summed E-state index contributed by atoms with van der Waals surface area (Å²) in [7, 11) is -2.08. The highest BCUT2D eigenvalue weighted by atomic mass is 28.4. The Balaban J connectivity index is 2.59. The molecule has 5 heteroatoms. The summed E-state index contributed by atoms with van der Waals surface area (Å²) in [6.07, 6.45) is 0.849. The van der Waals surface area contributed by atoms with Crippen LogP contribution in [0.3, 0.4) is 0 Å². The first-order chi connectivity index (χ1) is 7.96. The largest absolute Gasteiger partial charge is 0.395 e. The predicted octanol–water partition coefficient (Wildman–Crippen LogP) is 2.67. The molecule has 0 spiro atoms. The lowest BCUT2D eigenvalue weighted by molar-refractivity contribution is -0.291. The van der Waals surface area contributed by atoms with Crippen molar-refractivity contribution in [3.8, 4) is 0 Å². The molecule has 0 aromatic heterocycles. The molecule has 0 aliphatic carbocycles. The Bertz CT molecular complexity index is 231. The van der Waals surface area contributed by atoms with Gasteiger partial charge < -0.3 is 18.3 Å². The Labute approximate surface area is 106 Å². The van der Waals surface area contributed by atoms with Crippen LogP contribution in [0.5, 0.6) is 0 Å². The van der Waals surface area contributed by atoms with Gasteiger partial charge in [0.25, 0.3) is 0 Å². The molecular formula is C12H26O4Si. The fourth-order valence-corrected chi connectivity index (χ4v) is 3.90. The van der Waals surface area contributed by atoms with E-state index >= 15 is 0 Å². The maximum atomic E-state index is 6.14. The summed E-state index contributed by atoms with van der Waals surface area (Å²) in [6.45, 7) is 12.3. The smallest absolute Gasteiger partial charge is 0.335 e. The number of ether oxygens (including phenoxy) is 2. The van der Waals surface area contributed by atoms with Gasteiger partial charge in [-0.1, -0.05) is 6.92 Å². The zero-order valence-corrected chi connectivity index (χ0v) is 12.7. The zero-order chi connectivity index (χ0) is 12.9. The molecule has 0 bridgehead atoms. The maximum absolute atomic E-state index is 6.14. The van der Waals surface area contributed by atoms with Gasteiger partial charge in [-0.3, -0.25) is 0 Å². The van der Waals surface area contributed by atoms with Crippen LogP contribution in [0, 0.1) is 0 Å². The summed E-state index contributed by atoms with van der Waals surface area (Å²) < 4.78 is 23.4. The van der Waals surface area contributed by atoms with E-state index in [1.807, 2.05) is 20.8 Å². The third kappa shape index (κ3) is 4.03. The van der Waals surface area contributed by atoms with Crippen molar-refractivity contribution in [1.29, 1.82) is 0 Å². The SMILES string of the molecule is CCO[Si](C)(CC)OC(C)C1(C)OCCCO1. The second-order valence-electron chi connectivity index (χ2n) is 4.75. The van der Waals surface area contributed by atoms with Crippen LogP contribution in [-0.2, 0) is 18.3 Å². The normalized spacial score (nSPS) is 25.2. The van der Waals surface area contributed by atoms with Gasteiger partial charge in [-0.2, -0.15) is 0 Å². The van der Waals surface area contributed by atoms with E-state index < -0.39 is 14.3 Å². The van der Waals surface area contributed by atoms with Crippen LogP contribution in [-0.4, -0.2) is 40.3 Å². The molecule has 0 aromatic carbocycles. The minimum absolute atomic E-state index is 0.106. The molecule has 2 unspecified atom stereocenters. The number of hydrogen-bond donors (Lipinski definition) is 0. The first kappa shape index (κ1) is 15.1. The molecule has 1 aliphatic rings. The van der Waals surface area contributed by atoms with E-state index in [9.17, 15) is 0 Å². The minimum atomic E-state index is -2.08.